The smallest absolute Gasteiger partial charge is 0.153 e. The molecular formula is C17H14BrNO2. The van der Waals surface area contributed by atoms with Gasteiger partial charge in [-0.05, 0) is 65.3 Å². The third-order valence-electron chi connectivity index (χ3n) is 3.01. The summed E-state index contributed by atoms with van der Waals surface area (Å²) in [6.07, 6.45) is 0. The van der Waals surface area contributed by atoms with Crippen LogP contribution in [-0.2, 0) is 0 Å². The first-order valence-electron chi connectivity index (χ1n) is 6.72. The Kier molecular flexibility index (Phi) is 4.06. The highest BCUT2D eigenvalue weighted by Gasteiger charge is 2.06. The summed E-state index contributed by atoms with van der Waals surface area (Å²) >= 11 is 3.40. The van der Waals surface area contributed by atoms with Crippen LogP contribution in [0.25, 0.3) is 10.9 Å². The molecule has 2 aromatic carbocycles. The number of para-hydroxylation sites is 1. The Hall–Kier alpha value is -2.07. The van der Waals surface area contributed by atoms with Crippen LogP contribution in [0.2, 0.25) is 0 Å². The number of hydrogen-bond donors (Lipinski definition) is 0. The standard InChI is InChI=1S/C17H14BrNO2/c1-2-20-13-7-9-14(10-8-13)21-15-5-3-4-12-6-11-16(18)19-17(12)15/h3-11H,2H2,1H3. The molecule has 0 fully saturated rings. The first-order chi connectivity index (χ1) is 10.3. The largest absolute Gasteiger partial charge is 0.494 e. The lowest BCUT2D eigenvalue weighted by molar-refractivity contribution is 0.339. The number of pyridine rings is 1. The van der Waals surface area contributed by atoms with Crippen molar-refractivity contribution in [2.75, 3.05) is 6.61 Å². The average molecular weight is 344 g/mol. The van der Waals surface area contributed by atoms with Crippen LogP contribution in [0.1, 0.15) is 6.92 Å². The molecule has 0 atom stereocenters. The summed E-state index contributed by atoms with van der Waals surface area (Å²) in [5, 5.41) is 1.04. The van der Waals surface area contributed by atoms with Crippen LogP contribution in [0.15, 0.2) is 59.2 Å². The number of nitrogens with zero attached hydrogens (tertiary/aromatic N) is 1. The van der Waals surface area contributed by atoms with Gasteiger partial charge in [0.1, 0.15) is 21.6 Å². The Balaban J connectivity index is 1.92. The Labute approximate surface area is 131 Å². The molecular weight excluding hydrogens is 330 g/mol. The number of hydrogen-bond acceptors (Lipinski definition) is 3. The van der Waals surface area contributed by atoms with Crippen molar-refractivity contribution in [3.8, 4) is 17.2 Å². The molecule has 0 aliphatic rings. The summed E-state index contributed by atoms with van der Waals surface area (Å²) < 4.78 is 12.2. The molecule has 0 aliphatic carbocycles. The van der Waals surface area contributed by atoms with E-state index in [-0.39, 0.29) is 0 Å². The van der Waals surface area contributed by atoms with E-state index in [1.165, 1.54) is 0 Å². The number of halogens is 1. The molecule has 0 spiro atoms. The Morgan fingerprint density at radius 1 is 0.952 bits per heavy atom. The van der Waals surface area contributed by atoms with Crippen LogP contribution < -0.4 is 9.47 Å². The molecule has 0 radical (unpaired) electrons. The molecule has 21 heavy (non-hydrogen) atoms. The summed E-state index contributed by atoms with van der Waals surface area (Å²) in [7, 11) is 0. The molecule has 3 aromatic rings. The van der Waals surface area contributed by atoms with Crippen molar-refractivity contribution in [2.24, 2.45) is 0 Å². The number of benzene rings is 2. The molecule has 1 aromatic heterocycles. The fraction of sp³-hybridized carbons (Fsp3) is 0.118. The lowest BCUT2D eigenvalue weighted by atomic mass is 10.2. The van der Waals surface area contributed by atoms with Gasteiger partial charge in [-0.1, -0.05) is 12.1 Å². The van der Waals surface area contributed by atoms with E-state index in [1.54, 1.807) is 0 Å². The van der Waals surface area contributed by atoms with Gasteiger partial charge in [-0.3, -0.25) is 0 Å². The van der Waals surface area contributed by atoms with Crippen LogP contribution in [0.5, 0.6) is 17.2 Å². The second-order valence-corrected chi connectivity index (χ2v) is 5.28. The lowest BCUT2D eigenvalue weighted by Gasteiger charge is -2.09. The van der Waals surface area contributed by atoms with E-state index in [9.17, 15) is 0 Å². The van der Waals surface area contributed by atoms with Gasteiger partial charge in [-0.15, -0.1) is 0 Å². The Morgan fingerprint density at radius 3 is 2.48 bits per heavy atom. The van der Waals surface area contributed by atoms with Crippen molar-refractivity contribution >= 4 is 26.8 Å². The van der Waals surface area contributed by atoms with Crippen molar-refractivity contribution in [3.05, 3.63) is 59.2 Å². The maximum atomic E-state index is 5.94. The number of fused-ring (bicyclic) bond motifs is 1. The van der Waals surface area contributed by atoms with Gasteiger partial charge in [0.25, 0.3) is 0 Å². The van der Waals surface area contributed by atoms with E-state index < -0.39 is 0 Å². The third kappa shape index (κ3) is 3.16. The van der Waals surface area contributed by atoms with Gasteiger partial charge < -0.3 is 9.47 Å². The molecule has 0 saturated heterocycles. The first-order valence-corrected chi connectivity index (χ1v) is 7.51. The van der Waals surface area contributed by atoms with Gasteiger partial charge in [0.2, 0.25) is 0 Å². The van der Waals surface area contributed by atoms with E-state index in [4.69, 9.17) is 9.47 Å². The Bertz CT molecular complexity index is 756. The maximum Gasteiger partial charge on any atom is 0.153 e. The van der Waals surface area contributed by atoms with Gasteiger partial charge in [-0.25, -0.2) is 4.98 Å². The van der Waals surface area contributed by atoms with Crippen molar-refractivity contribution in [1.29, 1.82) is 0 Å². The zero-order valence-corrected chi connectivity index (χ0v) is 13.1. The second kappa shape index (κ2) is 6.14. The second-order valence-electron chi connectivity index (χ2n) is 4.47. The zero-order valence-electron chi connectivity index (χ0n) is 11.5. The molecule has 3 rings (SSSR count). The van der Waals surface area contributed by atoms with Gasteiger partial charge in [0, 0.05) is 5.39 Å². The highest BCUT2D eigenvalue weighted by Crippen LogP contribution is 2.30. The predicted octanol–water partition coefficient (Wildman–Crippen LogP) is 5.19. The molecule has 1 heterocycles. The van der Waals surface area contributed by atoms with Crippen molar-refractivity contribution in [3.63, 3.8) is 0 Å². The predicted molar refractivity (Wildman–Crippen MR) is 87.1 cm³/mol. The molecule has 4 heteroatoms. The van der Waals surface area contributed by atoms with Crippen LogP contribution in [0, 0.1) is 0 Å². The monoisotopic (exact) mass is 343 g/mol. The zero-order chi connectivity index (χ0) is 14.7. The van der Waals surface area contributed by atoms with Crippen LogP contribution in [0.3, 0.4) is 0 Å². The van der Waals surface area contributed by atoms with Crippen LogP contribution in [0.4, 0.5) is 0 Å². The fourth-order valence-corrected chi connectivity index (χ4v) is 2.39. The van der Waals surface area contributed by atoms with Gasteiger partial charge in [-0.2, -0.15) is 0 Å². The van der Waals surface area contributed by atoms with Crippen molar-refractivity contribution in [1.82, 2.24) is 4.98 Å². The number of aromatic nitrogens is 1. The van der Waals surface area contributed by atoms with Gasteiger partial charge >= 0.3 is 0 Å². The quantitative estimate of drug-likeness (QED) is 0.611. The summed E-state index contributed by atoms with van der Waals surface area (Å²) in [6.45, 7) is 2.62. The summed E-state index contributed by atoms with van der Waals surface area (Å²) in [6, 6.07) is 17.4. The maximum absolute atomic E-state index is 5.94. The topological polar surface area (TPSA) is 31.4 Å². The molecule has 0 saturated carbocycles. The fourth-order valence-electron chi connectivity index (χ4n) is 2.08. The highest BCUT2D eigenvalue weighted by atomic mass is 79.9. The van der Waals surface area contributed by atoms with Crippen LogP contribution >= 0.6 is 15.9 Å². The molecule has 0 unspecified atom stereocenters. The summed E-state index contributed by atoms with van der Waals surface area (Å²) in [5.41, 5.74) is 0.834. The molecule has 0 bridgehead atoms. The number of ether oxygens (including phenoxy) is 2. The summed E-state index contributed by atoms with van der Waals surface area (Å²) in [4.78, 5) is 4.49. The van der Waals surface area contributed by atoms with E-state index in [1.807, 2.05) is 61.5 Å². The molecule has 0 N–H and O–H groups in total. The third-order valence-corrected chi connectivity index (χ3v) is 3.45. The minimum atomic E-state index is 0.654. The van der Waals surface area contributed by atoms with Crippen molar-refractivity contribution in [2.45, 2.75) is 6.92 Å². The number of rotatable bonds is 4. The Morgan fingerprint density at radius 2 is 1.71 bits per heavy atom. The van der Waals surface area contributed by atoms with Gasteiger partial charge in [0.05, 0.1) is 6.61 Å². The lowest BCUT2D eigenvalue weighted by Crippen LogP contribution is -1.91. The van der Waals surface area contributed by atoms with Crippen molar-refractivity contribution < 1.29 is 9.47 Å². The van der Waals surface area contributed by atoms with Gasteiger partial charge in [0.15, 0.2) is 5.75 Å². The minimum Gasteiger partial charge on any atom is -0.494 e. The highest BCUT2D eigenvalue weighted by molar-refractivity contribution is 9.10. The average Bonchev–Trinajstić information content (AvgIpc) is 2.50. The first kappa shape index (κ1) is 13.9. The minimum absolute atomic E-state index is 0.654. The van der Waals surface area contributed by atoms with E-state index in [2.05, 4.69) is 20.9 Å². The van der Waals surface area contributed by atoms with Crippen LogP contribution in [-0.4, -0.2) is 11.6 Å². The van der Waals surface area contributed by atoms with E-state index in [0.29, 0.717) is 6.61 Å². The molecule has 0 aliphatic heterocycles. The van der Waals surface area contributed by atoms with E-state index in [0.717, 1.165) is 32.8 Å². The summed E-state index contributed by atoms with van der Waals surface area (Å²) in [5.74, 6) is 2.33. The SMILES string of the molecule is CCOc1ccc(Oc2cccc3ccc(Br)nc23)cc1. The normalized spacial score (nSPS) is 10.6. The molecule has 3 nitrogen and oxygen atoms in total. The van der Waals surface area contributed by atoms with E-state index >= 15 is 0 Å². The molecule has 0 amide bonds. The molecule has 106 valence electrons.